The first kappa shape index (κ1) is 25.4. The molecule has 3 unspecified atom stereocenters. The summed E-state index contributed by atoms with van der Waals surface area (Å²) in [6.07, 6.45) is 13.2. The van der Waals surface area contributed by atoms with Crippen LogP contribution in [0.5, 0.6) is 0 Å². The van der Waals surface area contributed by atoms with E-state index in [-0.39, 0.29) is 12.4 Å². The maximum Gasteiger partial charge on any atom is 0.308 e. The first-order valence-corrected chi connectivity index (χ1v) is 11.2. The van der Waals surface area contributed by atoms with E-state index in [0.29, 0.717) is 36.7 Å². The standard InChI is InChI=1S/C19H30O3.C5H10O2/c1-13-6-9-18-16(11-13)8-7-14(2)17(18)5-4-10-22-19(21)12-15(3)20;1-2-3-4-5(6)7/h7-8,11,13-15,17-18,20H,4-6,9-10,12H2,1-3H3;2-4H2,1H3,(H,6,7)/t13-,14?,15?,17+,18?;/m1./s1. The van der Waals surface area contributed by atoms with Crippen LogP contribution in [-0.2, 0) is 14.3 Å². The van der Waals surface area contributed by atoms with Crippen molar-refractivity contribution in [3.05, 3.63) is 23.8 Å². The van der Waals surface area contributed by atoms with Crippen LogP contribution in [0.3, 0.4) is 0 Å². The van der Waals surface area contributed by atoms with Gasteiger partial charge in [0.1, 0.15) is 0 Å². The Morgan fingerprint density at radius 3 is 2.55 bits per heavy atom. The Morgan fingerprint density at radius 2 is 1.97 bits per heavy atom. The van der Waals surface area contributed by atoms with E-state index < -0.39 is 12.1 Å². The Bertz CT molecular complexity index is 564. The number of fused-ring (bicyclic) bond motifs is 1. The number of aliphatic hydroxyl groups excluding tert-OH is 1. The molecule has 5 nitrogen and oxygen atoms in total. The first-order chi connectivity index (χ1) is 13.7. The number of carboxylic acids is 1. The minimum absolute atomic E-state index is 0.0932. The van der Waals surface area contributed by atoms with Gasteiger partial charge in [0.25, 0.3) is 0 Å². The normalized spacial score (nSPS) is 26.4. The van der Waals surface area contributed by atoms with Crippen LogP contribution in [0.25, 0.3) is 0 Å². The van der Waals surface area contributed by atoms with Crippen LogP contribution >= 0.6 is 0 Å². The van der Waals surface area contributed by atoms with Gasteiger partial charge in [0.2, 0.25) is 0 Å². The molecule has 0 amide bonds. The van der Waals surface area contributed by atoms with Gasteiger partial charge in [-0.3, -0.25) is 9.59 Å². The van der Waals surface area contributed by atoms with Gasteiger partial charge in [0.15, 0.2) is 0 Å². The predicted octanol–water partition coefficient (Wildman–Crippen LogP) is 5.14. The summed E-state index contributed by atoms with van der Waals surface area (Å²) in [5, 5.41) is 17.2. The number of carboxylic acid groups (broad SMARTS) is 1. The molecule has 2 aliphatic rings. The van der Waals surface area contributed by atoms with Crippen molar-refractivity contribution in [2.45, 2.75) is 85.2 Å². The molecule has 0 bridgehead atoms. The average Bonchev–Trinajstić information content (AvgIpc) is 2.64. The van der Waals surface area contributed by atoms with Crippen LogP contribution in [-0.4, -0.2) is 34.9 Å². The van der Waals surface area contributed by atoms with Gasteiger partial charge in [-0.05, 0) is 68.3 Å². The monoisotopic (exact) mass is 408 g/mol. The van der Waals surface area contributed by atoms with E-state index in [4.69, 9.17) is 14.9 Å². The second-order valence-corrected chi connectivity index (χ2v) is 8.62. The Hall–Kier alpha value is -1.62. The van der Waals surface area contributed by atoms with Gasteiger partial charge in [-0.2, -0.15) is 0 Å². The quantitative estimate of drug-likeness (QED) is 0.408. The zero-order valence-electron chi connectivity index (χ0n) is 18.6. The van der Waals surface area contributed by atoms with Crippen molar-refractivity contribution in [3.8, 4) is 0 Å². The van der Waals surface area contributed by atoms with Gasteiger partial charge in [-0.25, -0.2) is 0 Å². The summed E-state index contributed by atoms with van der Waals surface area (Å²) in [6, 6.07) is 0. The van der Waals surface area contributed by atoms with Gasteiger partial charge in [-0.1, -0.05) is 45.4 Å². The van der Waals surface area contributed by atoms with Crippen molar-refractivity contribution < 1.29 is 24.5 Å². The molecule has 0 spiro atoms. The summed E-state index contributed by atoms with van der Waals surface area (Å²) in [4.78, 5) is 21.2. The molecule has 0 heterocycles. The van der Waals surface area contributed by atoms with Crippen molar-refractivity contribution >= 4 is 11.9 Å². The molecule has 2 rings (SSSR count). The Morgan fingerprint density at radius 1 is 1.24 bits per heavy atom. The maximum atomic E-state index is 11.4. The largest absolute Gasteiger partial charge is 0.481 e. The van der Waals surface area contributed by atoms with E-state index in [1.807, 2.05) is 6.92 Å². The number of esters is 1. The topological polar surface area (TPSA) is 83.8 Å². The van der Waals surface area contributed by atoms with Crippen LogP contribution in [0.4, 0.5) is 0 Å². The number of hydrogen-bond acceptors (Lipinski definition) is 4. The van der Waals surface area contributed by atoms with E-state index >= 15 is 0 Å². The summed E-state index contributed by atoms with van der Waals surface area (Å²) in [7, 11) is 0. The zero-order valence-corrected chi connectivity index (χ0v) is 18.6. The molecular weight excluding hydrogens is 368 g/mol. The maximum absolute atomic E-state index is 11.4. The third-order valence-corrected chi connectivity index (χ3v) is 5.77. The summed E-state index contributed by atoms with van der Waals surface area (Å²) in [5.41, 5.74) is 1.52. The van der Waals surface area contributed by atoms with E-state index in [1.165, 1.54) is 18.4 Å². The van der Waals surface area contributed by atoms with Gasteiger partial charge in [0.05, 0.1) is 19.1 Å². The average molecular weight is 409 g/mol. The predicted molar refractivity (Wildman–Crippen MR) is 115 cm³/mol. The summed E-state index contributed by atoms with van der Waals surface area (Å²) >= 11 is 0. The highest BCUT2D eigenvalue weighted by molar-refractivity contribution is 5.69. The molecule has 0 saturated heterocycles. The van der Waals surface area contributed by atoms with E-state index in [0.717, 1.165) is 25.7 Å². The van der Waals surface area contributed by atoms with Crippen molar-refractivity contribution in [1.29, 1.82) is 0 Å². The lowest BCUT2D eigenvalue weighted by Crippen LogP contribution is -2.28. The summed E-state index contributed by atoms with van der Waals surface area (Å²) in [6.45, 7) is 8.65. The Balaban J connectivity index is 0.000000516. The molecule has 166 valence electrons. The third-order valence-electron chi connectivity index (χ3n) is 5.77. The first-order valence-electron chi connectivity index (χ1n) is 11.2. The van der Waals surface area contributed by atoms with Gasteiger partial charge in [-0.15, -0.1) is 0 Å². The zero-order chi connectivity index (χ0) is 21.8. The van der Waals surface area contributed by atoms with E-state index in [1.54, 1.807) is 6.92 Å². The Labute approximate surface area is 176 Å². The van der Waals surface area contributed by atoms with Gasteiger partial charge in [0, 0.05) is 6.42 Å². The molecule has 0 radical (unpaired) electrons. The van der Waals surface area contributed by atoms with Gasteiger partial charge >= 0.3 is 11.9 Å². The highest BCUT2D eigenvalue weighted by atomic mass is 16.5. The van der Waals surface area contributed by atoms with Crippen molar-refractivity contribution in [2.75, 3.05) is 6.61 Å². The van der Waals surface area contributed by atoms with Crippen LogP contribution < -0.4 is 0 Å². The lowest BCUT2D eigenvalue weighted by Gasteiger charge is -2.38. The lowest BCUT2D eigenvalue weighted by molar-refractivity contribution is -0.145. The van der Waals surface area contributed by atoms with Crippen molar-refractivity contribution in [1.82, 2.24) is 0 Å². The van der Waals surface area contributed by atoms with E-state index in [2.05, 4.69) is 32.1 Å². The van der Waals surface area contributed by atoms with Crippen LogP contribution in [0, 0.1) is 23.7 Å². The molecule has 0 saturated carbocycles. The number of aliphatic carboxylic acids is 1. The lowest BCUT2D eigenvalue weighted by atomic mass is 9.67. The molecule has 29 heavy (non-hydrogen) atoms. The molecule has 0 aromatic heterocycles. The minimum atomic E-state index is -0.693. The minimum Gasteiger partial charge on any atom is -0.481 e. The van der Waals surface area contributed by atoms with Gasteiger partial charge < -0.3 is 14.9 Å². The number of carbonyl (C=O) groups excluding carboxylic acids is 1. The molecule has 5 heteroatoms. The summed E-state index contributed by atoms with van der Waals surface area (Å²) < 4.78 is 5.20. The number of ether oxygens (including phenoxy) is 1. The number of aliphatic hydroxyl groups is 1. The van der Waals surface area contributed by atoms with E-state index in [9.17, 15) is 9.59 Å². The van der Waals surface area contributed by atoms with Crippen LogP contribution in [0.1, 0.15) is 79.1 Å². The molecule has 5 atom stereocenters. The SMILES string of the molecule is CC(O)CC(=O)OCCC[C@H]1C(C)C=CC2=C[C@H](C)CCC21.CCCCC(=O)O. The van der Waals surface area contributed by atoms with Crippen molar-refractivity contribution in [2.24, 2.45) is 23.7 Å². The molecular formula is C24H40O5. The smallest absolute Gasteiger partial charge is 0.308 e. The van der Waals surface area contributed by atoms with Crippen LogP contribution in [0.2, 0.25) is 0 Å². The Kier molecular flexibility index (Phi) is 11.9. The third kappa shape index (κ3) is 10.1. The molecule has 0 aliphatic heterocycles. The molecule has 0 aromatic rings. The summed E-state index contributed by atoms with van der Waals surface area (Å²) in [5.74, 6) is 1.67. The second-order valence-electron chi connectivity index (χ2n) is 8.62. The molecule has 0 fully saturated rings. The molecule has 2 aliphatic carbocycles. The number of hydrogen-bond donors (Lipinski definition) is 2. The number of carbonyl (C=O) groups is 2. The highest BCUT2D eigenvalue weighted by Crippen LogP contribution is 2.43. The fourth-order valence-corrected chi connectivity index (χ4v) is 4.15. The van der Waals surface area contributed by atoms with Crippen molar-refractivity contribution in [3.63, 3.8) is 0 Å². The second kappa shape index (κ2) is 13.6. The number of allylic oxidation sites excluding steroid dienone is 4. The number of unbranched alkanes of at least 4 members (excludes halogenated alkanes) is 1. The molecule has 2 N–H and O–H groups in total. The van der Waals surface area contributed by atoms with Crippen LogP contribution in [0.15, 0.2) is 23.8 Å². The fourth-order valence-electron chi connectivity index (χ4n) is 4.15. The molecule has 0 aromatic carbocycles. The number of rotatable bonds is 9. The fraction of sp³-hybridized carbons (Fsp3) is 0.750. The highest BCUT2D eigenvalue weighted by Gasteiger charge is 2.32.